The van der Waals surface area contributed by atoms with Crippen molar-refractivity contribution < 1.29 is 5.11 Å². The Morgan fingerprint density at radius 1 is 1.04 bits per heavy atom. The summed E-state index contributed by atoms with van der Waals surface area (Å²) < 4.78 is 0. The van der Waals surface area contributed by atoms with Crippen molar-refractivity contribution in [3.05, 3.63) is 65.5 Å². The van der Waals surface area contributed by atoms with Gasteiger partial charge in [0.15, 0.2) is 0 Å². The van der Waals surface area contributed by atoms with Crippen LogP contribution in [-0.2, 0) is 5.60 Å². The average Bonchev–Trinajstić information content (AvgIpc) is 2.62. The Bertz CT molecular complexity index is 623. The summed E-state index contributed by atoms with van der Waals surface area (Å²) >= 11 is 0. The Labute approximate surface area is 139 Å². The van der Waals surface area contributed by atoms with Crippen LogP contribution >= 0.6 is 0 Å². The zero-order chi connectivity index (χ0) is 16.1. The highest BCUT2D eigenvalue weighted by Gasteiger charge is 2.34. The molecule has 1 N–H and O–H groups in total. The number of aromatic nitrogens is 1. The van der Waals surface area contributed by atoms with Gasteiger partial charge in [0.2, 0.25) is 0 Å². The molecular weight excluding hydrogens is 284 g/mol. The second-order valence-corrected chi connectivity index (χ2v) is 6.54. The molecule has 1 saturated heterocycles. The molecule has 1 aromatic carbocycles. The lowest BCUT2D eigenvalue weighted by Crippen LogP contribution is -2.37. The number of benzene rings is 1. The van der Waals surface area contributed by atoms with Gasteiger partial charge in [0, 0.05) is 12.7 Å². The summed E-state index contributed by atoms with van der Waals surface area (Å²) in [5.41, 5.74) is 1.80. The minimum atomic E-state index is -1.02. The van der Waals surface area contributed by atoms with Crippen molar-refractivity contribution in [2.24, 2.45) is 0 Å². The van der Waals surface area contributed by atoms with E-state index < -0.39 is 5.60 Å². The smallest absolute Gasteiger partial charge is 0.133 e. The Balaban J connectivity index is 1.89. The number of hydrogen-bond acceptors (Lipinski definition) is 3. The van der Waals surface area contributed by atoms with Crippen LogP contribution in [0, 0.1) is 6.92 Å². The number of rotatable bonds is 5. The number of aliphatic hydroxyl groups is 1. The van der Waals surface area contributed by atoms with Gasteiger partial charge in [-0.15, -0.1) is 0 Å². The third-order valence-corrected chi connectivity index (χ3v) is 4.92. The van der Waals surface area contributed by atoms with Gasteiger partial charge >= 0.3 is 0 Å². The second kappa shape index (κ2) is 7.24. The molecule has 1 unspecified atom stereocenters. The monoisotopic (exact) mass is 310 g/mol. The molecule has 1 atom stereocenters. The van der Waals surface area contributed by atoms with Gasteiger partial charge in [0.1, 0.15) is 5.60 Å². The van der Waals surface area contributed by atoms with E-state index in [1.54, 1.807) is 6.20 Å². The third-order valence-electron chi connectivity index (χ3n) is 4.92. The molecule has 0 saturated carbocycles. The zero-order valence-corrected chi connectivity index (χ0v) is 13.9. The van der Waals surface area contributed by atoms with Gasteiger partial charge in [0.05, 0.1) is 5.69 Å². The van der Waals surface area contributed by atoms with Crippen LogP contribution in [0.5, 0.6) is 0 Å². The van der Waals surface area contributed by atoms with E-state index in [1.165, 1.54) is 19.3 Å². The second-order valence-electron chi connectivity index (χ2n) is 6.54. The topological polar surface area (TPSA) is 36.4 Å². The minimum absolute atomic E-state index is 0.675. The highest BCUT2D eigenvalue weighted by atomic mass is 16.3. The van der Waals surface area contributed by atoms with Crippen molar-refractivity contribution in [3.8, 4) is 0 Å². The molecular formula is C20H26N2O. The number of hydrogen-bond donors (Lipinski definition) is 1. The summed E-state index contributed by atoms with van der Waals surface area (Å²) in [6.45, 7) is 5.25. The third kappa shape index (κ3) is 3.62. The van der Waals surface area contributed by atoms with E-state index in [1.807, 2.05) is 36.4 Å². The minimum Gasteiger partial charge on any atom is -0.379 e. The first kappa shape index (κ1) is 16.2. The zero-order valence-electron chi connectivity index (χ0n) is 13.9. The summed E-state index contributed by atoms with van der Waals surface area (Å²) in [4.78, 5) is 6.93. The number of nitrogens with zero attached hydrogens (tertiary/aromatic N) is 2. The lowest BCUT2D eigenvalue weighted by atomic mass is 9.84. The van der Waals surface area contributed by atoms with Gasteiger partial charge in [0.25, 0.3) is 0 Å². The predicted octanol–water partition coefficient (Wildman–Crippen LogP) is 3.50. The van der Waals surface area contributed by atoms with Crippen LogP contribution in [0.1, 0.15) is 42.5 Å². The molecule has 23 heavy (non-hydrogen) atoms. The fourth-order valence-corrected chi connectivity index (χ4v) is 3.55. The van der Waals surface area contributed by atoms with Crippen molar-refractivity contribution in [3.63, 3.8) is 0 Å². The molecule has 122 valence electrons. The van der Waals surface area contributed by atoms with Crippen LogP contribution in [0.4, 0.5) is 0 Å². The quantitative estimate of drug-likeness (QED) is 0.918. The molecule has 0 spiro atoms. The molecule has 1 aliphatic heterocycles. The maximum atomic E-state index is 11.6. The Morgan fingerprint density at radius 2 is 1.78 bits per heavy atom. The molecule has 3 nitrogen and oxygen atoms in total. The van der Waals surface area contributed by atoms with E-state index in [4.69, 9.17) is 0 Å². The molecule has 1 aliphatic rings. The Morgan fingerprint density at radius 3 is 2.48 bits per heavy atom. The van der Waals surface area contributed by atoms with E-state index in [-0.39, 0.29) is 0 Å². The van der Waals surface area contributed by atoms with E-state index in [0.717, 1.165) is 36.5 Å². The maximum Gasteiger partial charge on any atom is 0.133 e. The molecule has 0 bridgehead atoms. The molecule has 2 heterocycles. The van der Waals surface area contributed by atoms with Crippen LogP contribution in [-0.4, -0.2) is 34.6 Å². The highest BCUT2D eigenvalue weighted by Crippen LogP contribution is 2.34. The van der Waals surface area contributed by atoms with Crippen LogP contribution in [0.2, 0.25) is 0 Å². The molecule has 3 rings (SSSR count). The molecule has 2 aromatic rings. The van der Waals surface area contributed by atoms with E-state index in [9.17, 15) is 5.11 Å². The maximum absolute atomic E-state index is 11.6. The number of likely N-dealkylation sites (tertiary alicyclic amines) is 1. The number of piperidine rings is 1. The molecule has 0 amide bonds. The first-order valence-electron chi connectivity index (χ1n) is 8.62. The summed E-state index contributed by atoms with van der Waals surface area (Å²) in [5.74, 6) is 0. The van der Waals surface area contributed by atoms with Crippen LogP contribution in [0.3, 0.4) is 0 Å². The van der Waals surface area contributed by atoms with Crippen molar-refractivity contribution in [1.29, 1.82) is 0 Å². The molecule has 0 aliphatic carbocycles. The fraction of sp³-hybridized carbons (Fsp3) is 0.450. The summed E-state index contributed by atoms with van der Waals surface area (Å²) in [6.07, 6.45) is 6.31. The molecule has 0 radical (unpaired) electrons. The summed E-state index contributed by atoms with van der Waals surface area (Å²) in [7, 11) is 0. The van der Waals surface area contributed by atoms with Crippen molar-refractivity contribution >= 4 is 0 Å². The fourth-order valence-electron chi connectivity index (χ4n) is 3.55. The Kier molecular flexibility index (Phi) is 5.09. The van der Waals surface area contributed by atoms with Crippen molar-refractivity contribution in [2.75, 3.05) is 19.6 Å². The molecule has 3 heteroatoms. The number of pyridine rings is 1. The van der Waals surface area contributed by atoms with E-state index in [0.29, 0.717) is 6.42 Å². The standard InChI is InChI=1S/C20H26N2O/c1-17-9-3-4-10-18(17)20(23,19-11-5-6-13-21-19)12-16-22-14-7-2-8-15-22/h3-6,9-11,13,23H,2,7-8,12,14-16H2,1H3. The van der Waals surface area contributed by atoms with Gasteiger partial charge in [-0.2, -0.15) is 0 Å². The van der Waals surface area contributed by atoms with Crippen molar-refractivity contribution in [1.82, 2.24) is 9.88 Å². The van der Waals surface area contributed by atoms with Gasteiger partial charge in [-0.25, -0.2) is 0 Å². The lowest BCUT2D eigenvalue weighted by molar-refractivity contribution is 0.0500. The van der Waals surface area contributed by atoms with Crippen LogP contribution < -0.4 is 0 Å². The average molecular weight is 310 g/mol. The SMILES string of the molecule is Cc1ccccc1C(O)(CCN1CCCCC1)c1ccccn1. The largest absolute Gasteiger partial charge is 0.379 e. The summed E-state index contributed by atoms with van der Waals surface area (Å²) in [5, 5.41) is 11.6. The van der Waals surface area contributed by atoms with Crippen LogP contribution in [0.25, 0.3) is 0 Å². The van der Waals surface area contributed by atoms with Crippen LogP contribution in [0.15, 0.2) is 48.7 Å². The van der Waals surface area contributed by atoms with Gasteiger partial charge in [-0.1, -0.05) is 36.8 Å². The van der Waals surface area contributed by atoms with E-state index in [2.05, 4.69) is 22.9 Å². The van der Waals surface area contributed by atoms with Crippen molar-refractivity contribution in [2.45, 2.75) is 38.2 Å². The first-order chi connectivity index (χ1) is 11.2. The predicted molar refractivity (Wildman–Crippen MR) is 93.3 cm³/mol. The normalized spacial score (nSPS) is 18.5. The lowest BCUT2D eigenvalue weighted by Gasteiger charge is -2.33. The first-order valence-corrected chi connectivity index (χ1v) is 8.62. The Hall–Kier alpha value is -1.71. The highest BCUT2D eigenvalue weighted by molar-refractivity contribution is 5.37. The van der Waals surface area contributed by atoms with Gasteiger partial charge in [-0.3, -0.25) is 4.98 Å². The van der Waals surface area contributed by atoms with Gasteiger partial charge < -0.3 is 10.0 Å². The summed E-state index contributed by atoms with van der Waals surface area (Å²) in [6, 6.07) is 13.9. The van der Waals surface area contributed by atoms with Gasteiger partial charge in [-0.05, 0) is 62.5 Å². The molecule has 1 aromatic heterocycles. The van der Waals surface area contributed by atoms with E-state index >= 15 is 0 Å². The number of aryl methyl sites for hydroxylation is 1. The molecule has 1 fully saturated rings.